The Morgan fingerprint density at radius 2 is 0.379 bits per heavy atom. The molecule has 0 aliphatic rings. The Morgan fingerprint density at radius 3 is 0.563 bits per heavy atom. The molecule has 1 aromatic heterocycles. The number of nitrogens with zero attached hydrogens (tertiary/aromatic N) is 2. The summed E-state index contributed by atoms with van der Waals surface area (Å²) in [6.07, 6.45) is 79.1. The minimum atomic E-state index is 1.08. The highest BCUT2D eigenvalue weighted by Gasteiger charge is 2.10. The van der Waals surface area contributed by atoms with E-state index in [-0.39, 0.29) is 0 Å². The maximum Gasteiger partial charge on any atom is 0.0785 e. The molecule has 0 unspecified atom stereocenters. The zero-order valence-corrected chi connectivity index (χ0v) is 59.3. The summed E-state index contributed by atoms with van der Waals surface area (Å²) in [5, 5.41) is 0. The molecular formula is C84H142N2S. The maximum atomic E-state index is 3.50. The van der Waals surface area contributed by atoms with Crippen molar-refractivity contribution in [1.82, 2.24) is 0 Å². The van der Waals surface area contributed by atoms with Gasteiger partial charge in [0.2, 0.25) is 0 Å². The number of hydrogen-bond acceptors (Lipinski definition) is 3. The van der Waals surface area contributed by atoms with Crippen LogP contribution >= 0.6 is 11.3 Å². The van der Waals surface area contributed by atoms with E-state index in [1.807, 2.05) is 0 Å². The van der Waals surface area contributed by atoms with Gasteiger partial charge in [-0.1, -0.05) is 385 Å². The fourth-order valence-electron chi connectivity index (χ4n) is 13.0. The first-order valence-corrected chi connectivity index (χ1v) is 39.8. The van der Waals surface area contributed by atoms with E-state index in [0.29, 0.717) is 0 Å². The Kier molecular flexibility index (Phi) is 54.2. The predicted octanol–water partition coefficient (Wildman–Crippen LogP) is 28.1. The van der Waals surface area contributed by atoms with Crippen LogP contribution in [0.5, 0.6) is 0 Å². The van der Waals surface area contributed by atoms with E-state index in [4.69, 9.17) is 0 Å². The molecule has 1 heterocycles. The van der Waals surface area contributed by atoms with E-state index in [9.17, 15) is 0 Å². The molecule has 2 aromatic carbocycles. The van der Waals surface area contributed by atoms with Crippen LogP contribution in [0.25, 0.3) is 0 Å². The van der Waals surface area contributed by atoms with Gasteiger partial charge in [-0.15, -0.1) is 11.3 Å². The molecule has 494 valence electrons. The number of anilines is 2. The summed E-state index contributed by atoms with van der Waals surface area (Å²) in [6, 6.07) is 22.7. The Morgan fingerprint density at radius 1 is 0.207 bits per heavy atom. The second-order valence-corrected chi connectivity index (χ2v) is 28.2. The smallest absolute Gasteiger partial charge is 0.0785 e. The second-order valence-electron chi connectivity index (χ2n) is 27.1. The van der Waals surface area contributed by atoms with Gasteiger partial charge < -0.3 is 9.80 Å². The van der Waals surface area contributed by atoms with Crippen LogP contribution in [0, 0.1) is 23.7 Å². The van der Waals surface area contributed by atoms with Crippen molar-refractivity contribution in [3.63, 3.8) is 0 Å². The highest BCUT2D eigenvalue weighted by Crippen LogP contribution is 2.24. The van der Waals surface area contributed by atoms with Gasteiger partial charge in [-0.2, -0.15) is 0 Å². The van der Waals surface area contributed by atoms with Gasteiger partial charge in [0, 0.05) is 48.7 Å². The number of hydrogen-bond donors (Lipinski definition) is 0. The summed E-state index contributed by atoms with van der Waals surface area (Å²) in [4.78, 5) is 7.54. The second kappa shape index (κ2) is 60.4. The molecule has 2 nitrogen and oxygen atoms in total. The lowest BCUT2D eigenvalue weighted by molar-refractivity contribution is 0.529. The third kappa shape index (κ3) is 46.6. The van der Waals surface area contributed by atoms with Gasteiger partial charge in [0.1, 0.15) is 0 Å². The highest BCUT2D eigenvalue weighted by atomic mass is 32.1. The number of rotatable bonds is 62. The molecule has 0 saturated carbocycles. The first-order valence-electron chi connectivity index (χ1n) is 39.0. The molecule has 0 saturated heterocycles. The third-order valence-corrected chi connectivity index (χ3v) is 19.8. The largest absolute Gasteiger partial charge is 0.372 e. The van der Waals surface area contributed by atoms with Crippen LogP contribution in [0.3, 0.4) is 0 Å². The van der Waals surface area contributed by atoms with Crippen molar-refractivity contribution in [3.05, 3.63) is 81.5 Å². The summed E-state index contributed by atoms with van der Waals surface area (Å²) < 4.78 is 0. The van der Waals surface area contributed by atoms with E-state index in [0.717, 1.165) is 20.9 Å². The Labute approximate surface area is 548 Å². The standard InChI is InChI=1S/C84H142N2S/c1-5-9-13-17-21-25-29-33-37-41-45-49-53-57-75-85(76-58-54-50-46-42-38-34-30-26-22-18-14-10-6-2)81-67-61-79(62-68-81)65-71-83-73-74-84(87-83)72-66-80-63-69-82(70-64-80)86(77-59-55-51-47-43-39-35-31-27-23-19-15-11-7-3)78-60-56-52-48-44-40-36-32-28-24-20-16-12-8-4/h61-64,67-70,73-74H,5-60,75-78H2,1-4H3. The van der Waals surface area contributed by atoms with E-state index in [1.54, 1.807) is 11.3 Å². The Hall–Kier alpha value is -3.14. The zero-order valence-electron chi connectivity index (χ0n) is 58.5. The van der Waals surface area contributed by atoms with E-state index >= 15 is 0 Å². The molecule has 0 amide bonds. The SMILES string of the molecule is CCCCCCCCCCCCCCCCN(CCCCCCCCCCCCCCCC)c1ccc(C#Cc2ccc(C#Cc3ccc(N(CCCCCCCCCCCCCCCC)CCCCCCCCCCCCCCCC)cc3)s2)cc1. The van der Waals surface area contributed by atoms with Crippen LogP contribution < -0.4 is 9.80 Å². The van der Waals surface area contributed by atoms with E-state index in [1.165, 1.54) is 397 Å². The minimum absolute atomic E-state index is 1.08. The van der Waals surface area contributed by atoms with Crippen LogP contribution in [0.4, 0.5) is 11.4 Å². The van der Waals surface area contributed by atoms with Crippen molar-refractivity contribution < 1.29 is 0 Å². The lowest BCUT2D eigenvalue weighted by atomic mass is 10.0. The minimum Gasteiger partial charge on any atom is -0.372 e. The highest BCUT2D eigenvalue weighted by molar-refractivity contribution is 7.13. The lowest BCUT2D eigenvalue weighted by Gasteiger charge is -2.25. The summed E-state index contributed by atoms with van der Waals surface area (Å²) >= 11 is 1.72. The summed E-state index contributed by atoms with van der Waals surface area (Å²) in [7, 11) is 0. The van der Waals surface area contributed by atoms with Crippen LogP contribution in [0.15, 0.2) is 60.7 Å². The topological polar surface area (TPSA) is 6.48 Å². The van der Waals surface area contributed by atoms with Gasteiger partial charge in [0.15, 0.2) is 0 Å². The van der Waals surface area contributed by atoms with Crippen LogP contribution in [0.2, 0.25) is 0 Å². The number of thiophene rings is 1. The van der Waals surface area contributed by atoms with Crippen molar-refractivity contribution in [2.45, 2.75) is 387 Å². The molecular weight excluding hydrogens is 1070 g/mol. The van der Waals surface area contributed by atoms with Crippen molar-refractivity contribution in [2.75, 3.05) is 36.0 Å². The first kappa shape index (κ1) is 78.1. The molecule has 0 N–H and O–H groups in total. The quantitative estimate of drug-likeness (QED) is 0.0411. The summed E-state index contributed by atoms with van der Waals surface area (Å²) in [5.74, 6) is 14.0. The molecule has 0 spiro atoms. The van der Waals surface area contributed by atoms with Gasteiger partial charge in [0.05, 0.1) is 9.75 Å². The lowest BCUT2D eigenvalue weighted by Crippen LogP contribution is -2.25. The normalized spacial score (nSPS) is 11.3. The molecule has 3 aromatic rings. The third-order valence-electron chi connectivity index (χ3n) is 18.9. The van der Waals surface area contributed by atoms with Gasteiger partial charge in [-0.05, 0) is 86.3 Å². The van der Waals surface area contributed by atoms with Crippen molar-refractivity contribution >= 4 is 22.7 Å². The fourth-order valence-corrected chi connectivity index (χ4v) is 13.7. The molecule has 0 atom stereocenters. The molecule has 87 heavy (non-hydrogen) atoms. The molecule has 0 bridgehead atoms. The molecule has 0 radical (unpaired) electrons. The van der Waals surface area contributed by atoms with Crippen LogP contribution in [0.1, 0.15) is 408 Å². The Balaban J connectivity index is 1.48. The van der Waals surface area contributed by atoms with Gasteiger partial charge in [-0.3, -0.25) is 0 Å². The van der Waals surface area contributed by atoms with Gasteiger partial charge in [0.25, 0.3) is 0 Å². The molecule has 0 fully saturated rings. The van der Waals surface area contributed by atoms with Crippen LogP contribution in [-0.2, 0) is 0 Å². The summed E-state index contributed by atoms with van der Waals surface area (Å²) in [5.41, 5.74) is 4.93. The molecule has 0 aliphatic carbocycles. The van der Waals surface area contributed by atoms with E-state index in [2.05, 4.69) is 122 Å². The maximum absolute atomic E-state index is 3.50. The van der Waals surface area contributed by atoms with Gasteiger partial charge in [-0.25, -0.2) is 0 Å². The average molecular weight is 1210 g/mol. The van der Waals surface area contributed by atoms with Crippen molar-refractivity contribution in [1.29, 1.82) is 0 Å². The van der Waals surface area contributed by atoms with E-state index < -0.39 is 0 Å². The van der Waals surface area contributed by atoms with Crippen molar-refractivity contribution in [3.8, 4) is 23.7 Å². The summed E-state index contributed by atoms with van der Waals surface area (Å²) in [6.45, 7) is 13.9. The zero-order chi connectivity index (χ0) is 61.7. The first-order chi connectivity index (χ1) is 43.2. The average Bonchev–Trinajstić information content (AvgIpc) is 4.23. The van der Waals surface area contributed by atoms with Gasteiger partial charge >= 0.3 is 0 Å². The fraction of sp³-hybridized carbons (Fsp3) is 0.762. The monoisotopic (exact) mass is 1210 g/mol. The molecule has 0 aliphatic heterocycles. The predicted molar refractivity (Wildman–Crippen MR) is 395 cm³/mol. The Bertz CT molecular complexity index is 1810. The number of benzene rings is 2. The number of unbranched alkanes of at least 4 members (excludes halogenated alkanes) is 52. The van der Waals surface area contributed by atoms with Crippen LogP contribution in [-0.4, -0.2) is 26.2 Å². The molecule has 3 heteroatoms. The molecule has 3 rings (SSSR count). The van der Waals surface area contributed by atoms with Crippen molar-refractivity contribution in [2.24, 2.45) is 0 Å².